The Morgan fingerprint density at radius 1 is 1.29 bits per heavy atom. The molecular weight excluding hydrogens is 298 g/mol. The molecule has 0 amide bonds. The predicted molar refractivity (Wildman–Crippen MR) is 98.0 cm³/mol. The highest BCUT2D eigenvalue weighted by Gasteiger charge is 2.23. The number of hydrogen-bond acceptors (Lipinski definition) is 3. The van der Waals surface area contributed by atoms with Crippen molar-refractivity contribution in [2.75, 3.05) is 33.4 Å². The molecule has 4 heteroatoms. The maximum Gasteiger partial charge on any atom is 0.113 e. The van der Waals surface area contributed by atoms with Gasteiger partial charge in [0.15, 0.2) is 0 Å². The zero-order chi connectivity index (χ0) is 16.6. The van der Waals surface area contributed by atoms with E-state index in [1.807, 2.05) is 6.20 Å². The highest BCUT2D eigenvalue weighted by atomic mass is 16.5. The summed E-state index contributed by atoms with van der Waals surface area (Å²) in [4.78, 5) is 7.15. The molecule has 4 nitrogen and oxygen atoms in total. The van der Waals surface area contributed by atoms with E-state index in [0.717, 1.165) is 26.2 Å². The van der Waals surface area contributed by atoms with Gasteiger partial charge in [-0.05, 0) is 24.9 Å². The lowest BCUT2D eigenvalue weighted by Crippen LogP contribution is -2.35. The maximum absolute atomic E-state index is 5.21. The van der Waals surface area contributed by atoms with Crippen molar-refractivity contribution in [1.29, 1.82) is 0 Å². The van der Waals surface area contributed by atoms with Crippen molar-refractivity contribution in [2.24, 2.45) is 0 Å². The predicted octanol–water partition coefficient (Wildman–Crippen LogP) is 3.42. The molecule has 1 aliphatic rings. The van der Waals surface area contributed by atoms with Crippen molar-refractivity contribution in [2.45, 2.75) is 25.3 Å². The van der Waals surface area contributed by atoms with Gasteiger partial charge < -0.3 is 9.30 Å². The van der Waals surface area contributed by atoms with Crippen LogP contribution in [0, 0.1) is 0 Å². The normalized spacial score (nSPS) is 19.1. The van der Waals surface area contributed by atoms with Gasteiger partial charge in [0.05, 0.1) is 6.61 Å². The summed E-state index contributed by atoms with van der Waals surface area (Å²) in [6.45, 7) is 4.89. The first kappa shape index (κ1) is 16.9. The quantitative estimate of drug-likeness (QED) is 0.781. The Hall–Kier alpha value is -1.91. The maximum atomic E-state index is 5.21. The van der Waals surface area contributed by atoms with Crippen molar-refractivity contribution in [1.82, 2.24) is 14.5 Å². The lowest BCUT2D eigenvalue weighted by atomic mass is 9.97. The number of rotatable bonds is 7. The summed E-state index contributed by atoms with van der Waals surface area (Å²) in [5.41, 5.74) is 1.26. The molecule has 0 aliphatic carbocycles. The van der Waals surface area contributed by atoms with Crippen LogP contribution in [0.5, 0.6) is 0 Å². The molecule has 0 spiro atoms. The number of imidazole rings is 1. The molecule has 1 aliphatic heterocycles. The minimum atomic E-state index is 0.524. The average molecular weight is 325 g/mol. The monoisotopic (exact) mass is 325 g/mol. The Morgan fingerprint density at radius 2 is 2.17 bits per heavy atom. The fraction of sp³-hybridized carbons (Fsp3) is 0.450. The summed E-state index contributed by atoms with van der Waals surface area (Å²) in [6.07, 6.45) is 10.9. The van der Waals surface area contributed by atoms with E-state index in [4.69, 9.17) is 4.74 Å². The largest absolute Gasteiger partial charge is 0.383 e. The summed E-state index contributed by atoms with van der Waals surface area (Å²) in [7, 11) is 1.75. The van der Waals surface area contributed by atoms with E-state index >= 15 is 0 Å². The molecule has 0 N–H and O–H groups in total. The van der Waals surface area contributed by atoms with Gasteiger partial charge >= 0.3 is 0 Å². The number of ether oxygens (including phenoxy) is 1. The number of hydrogen-bond donors (Lipinski definition) is 0. The van der Waals surface area contributed by atoms with Crippen LogP contribution in [0.2, 0.25) is 0 Å². The molecule has 1 aromatic carbocycles. The van der Waals surface area contributed by atoms with E-state index in [0.29, 0.717) is 5.92 Å². The molecular formula is C20H27N3O. The van der Waals surface area contributed by atoms with Gasteiger partial charge in [0.1, 0.15) is 5.82 Å². The average Bonchev–Trinajstić information content (AvgIpc) is 3.10. The van der Waals surface area contributed by atoms with Crippen LogP contribution in [0.1, 0.15) is 30.1 Å². The molecule has 0 radical (unpaired) electrons. The number of benzene rings is 1. The molecule has 0 unspecified atom stereocenters. The smallest absolute Gasteiger partial charge is 0.113 e. The number of aromatic nitrogens is 2. The Balaban J connectivity index is 1.56. The Kier molecular flexibility index (Phi) is 6.21. The fourth-order valence-corrected chi connectivity index (χ4v) is 3.39. The number of nitrogens with zero attached hydrogens (tertiary/aromatic N) is 3. The number of likely N-dealkylation sites (tertiary alicyclic amines) is 1. The minimum absolute atomic E-state index is 0.524. The second kappa shape index (κ2) is 8.81. The van der Waals surface area contributed by atoms with E-state index in [-0.39, 0.29) is 0 Å². The van der Waals surface area contributed by atoms with Crippen LogP contribution in [0.25, 0.3) is 6.08 Å². The fourth-order valence-electron chi connectivity index (χ4n) is 3.39. The van der Waals surface area contributed by atoms with Crippen molar-refractivity contribution in [3.8, 4) is 0 Å². The Labute approximate surface area is 144 Å². The summed E-state index contributed by atoms with van der Waals surface area (Å²) in [5.74, 6) is 1.74. The van der Waals surface area contributed by atoms with E-state index in [9.17, 15) is 0 Å². The minimum Gasteiger partial charge on any atom is -0.383 e. The third-order valence-corrected chi connectivity index (χ3v) is 4.63. The second-order valence-electron chi connectivity index (χ2n) is 6.38. The van der Waals surface area contributed by atoms with E-state index < -0.39 is 0 Å². The second-order valence-corrected chi connectivity index (χ2v) is 6.38. The number of piperidine rings is 1. The lowest BCUT2D eigenvalue weighted by Gasteiger charge is -2.31. The molecule has 0 bridgehead atoms. The molecule has 1 atom stereocenters. The van der Waals surface area contributed by atoms with E-state index in [2.05, 4.69) is 63.1 Å². The van der Waals surface area contributed by atoms with Crippen LogP contribution >= 0.6 is 0 Å². The van der Waals surface area contributed by atoms with Crippen molar-refractivity contribution < 1.29 is 4.74 Å². The molecule has 24 heavy (non-hydrogen) atoms. The molecule has 0 saturated carbocycles. The van der Waals surface area contributed by atoms with Gasteiger partial charge in [-0.1, -0.05) is 42.5 Å². The first-order valence-electron chi connectivity index (χ1n) is 8.80. The van der Waals surface area contributed by atoms with Crippen LogP contribution in [0.15, 0.2) is 48.8 Å². The number of methoxy groups -OCH3 is 1. The SMILES string of the molecule is COCCn1ccnc1[C@H]1CCCN(C/C=C/c2ccccc2)C1. The van der Waals surface area contributed by atoms with Crippen LogP contribution in [0.4, 0.5) is 0 Å². The molecule has 1 aromatic heterocycles. The molecule has 1 saturated heterocycles. The van der Waals surface area contributed by atoms with E-state index in [1.54, 1.807) is 7.11 Å². The van der Waals surface area contributed by atoms with Crippen LogP contribution < -0.4 is 0 Å². The van der Waals surface area contributed by atoms with E-state index in [1.165, 1.54) is 30.8 Å². The van der Waals surface area contributed by atoms with Crippen LogP contribution in [0.3, 0.4) is 0 Å². The molecule has 3 rings (SSSR count). The highest BCUT2D eigenvalue weighted by molar-refractivity contribution is 5.48. The van der Waals surface area contributed by atoms with Gasteiger partial charge in [-0.2, -0.15) is 0 Å². The van der Waals surface area contributed by atoms with Crippen LogP contribution in [-0.2, 0) is 11.3 Å². The zero-order valence-corrected chi connectivity index (χ0v) is 14.5. The molecule has 2 aromatic rings. The third-order valence-electron chi connectivity index (χ3n) is 4.63. The lowest BCUT2D eigenvalue weighted by molar-refractivity contribution is 0.182. The van der Waals surface area contributed by atoms with Crippen molar-refractivity contribution >= 4 is 6.08 Å². The Morgan fingerprint density at radius 3 is 3.00 bits per heavy atom. The molecule has 2 heterocycles. The topological polar surface area (TPSA) is 30.3 Å². The summed E-state index contributed by atoms with van der Waals surface area (Å²) >= 11 is 0. The van der Waals surface area contributed by atoms with Gasteiger partial charge in [0, 0.05) is 45.1 Å². The first-order chi connectivity index (χ1) is 11.9. The highest BCUT2D eigenvalue weighted by Crippen LogP contribution is 2.25. The first-order valence-corrected chi connectivity index (χ1v) is 8.80. The van der Waals surface area contributed by atoms with Crippen molar-refractivity contribution in [3.05, 3.63) is 60.2 Å². The third kappa shape index (κ3) is 4.56. The van der Waals surface area contributed by atoms with Gasteiger partial charge in [-0.25, -0.2) is 4.98 Å². The summed E-state index contributed by atoms with van der Waals surface area (Å²) in [5, 5.41) is 0. The molecule has 128 valence electrons. The summed E-state index contributed by atoms with van der Waals surface area (Å²) < 4.78 is 7.45. The van der Waals surface area contributed by atoms with Gasteiger partial charge in [-0.3, -0.25) is 4.90 Å². The Bertz CT molecular complexity index is 635. The standard InChI is InChI=1S/C20H27N3O/c1-24-16-15-23-14-11-21-20(23)19-10-6-13-22(17-19)12-5-9-18-7-3-2-4-8-18/h2-5,7-9,11,14,19H,6,10,12-13,15-17H2,1H3/b9-5+/t19-/m0/s1. The molecule has 1 fully saturated rings. The zero-order valence-electron chi connectivity index (χ0n) is 14.5. The van der Waals surface area contributed by atoms with Gasteiger partial charge in [-0.15, -0.1) is 0 Å². The van der Waals surface area contributed by atoms with Gasteiger partial charge in [0.25, 0.3) is 0 Å². The van der Waals surface area contributed by atoms with Crippen molar-refractivity contribution in [3.63, 3.8) is 0 Å². The van der Waals surface area contributed by atoms with Crippen LogP contribution in [-0.4, -0.2) is 47.8 Å². The summed E-state index contributed by atoms with van der Waals surface area (Å²) in [6, 6.07) is 10.5. The van der Waals surface area contributed by atoms with Gasteiger partial charge in [0.2, 0.25) is 0 Å².